The van der Waals surface area contributed by atoms with E-state index in [0.29, 0.717) is 22.9 Å². The number of carbonyl (C=O) groups is 2. The van der Waals surface area contributed by atoms with Crippen LogP contribution in [0.2, 0.25) is 5.02 Å². The lowest BCUT2D eigenvalue weighted by Gasteiger charge is -2.39. The number of ether oxygens (including phenoxy) is 1. The summed E-state index contributed by atoms with van der Waals surface area (Å²) in [5, 5.41) is 0.632. The van der Waals surface area contributed by atoms with E-state index in [0.717, 1.165) is 35.5 Å². The van der Waals surface area contributed by atoms with E-state index in [1.807, 2.05) is 71.8 Å². The third-order valence-corrected chi connectivity index (χ3v) is 7.14. The molecule has 5 rings (SSSR count). The van der Waals surface area contributed by atoms with E-state index in [2.05, 4.69) is 11.5 Å². The number of anilines is 1. The number of benzene rings is 3. The van der Waals surface area contributed by atoms with Gasteiger partial charge in [0.25, 0.3) is 5.91 Å². The first-order chi connectivity index (χ1) is 18.5. The maximum atomic E-state index is 14.2. The van der Waals surface area contributed by atoms with Crippen LogP contribution >= 0.6 is 11.6 Å². The summed E-state index contributed by atoms with van der Waals surface area (Å²) < 4.78 is 7.44. The predicted octanol–water partition coefficient (Wildman–Crippen LogP) is 6.52. The van der Waals surface area contributed by atoms with Crippen LogP contribution in [0.4, 0.5) is 5.69 Å². The number of amides is 2. The van der Waals surface area contributed by atoms with Gasteiger partial charge in [0.15, 0.2) is 0 Å². The number of halogens is 1. The van der Waals surface area contributed by atoms with Crippen LogP contribution < -0.4 is 9.64 Å². The Morgan fingerprint density at radius 1 is 0.947 bits per heavy atom. The van der Waals surface area contributed by atoms with Gasteiger partial charge >= 0.3 is 0 Å². The summed E-state index contributed by atoms with van der Waals surface area (Å²) in [7, 11) is 1.57. The van der Waals surface area contributed by atoms with Crippen molar-refractivity contribution in [2.75, 3.05) is 25.1 Å². The van der Waals surface area contributed by atoms with Crippen molar-refractivity contribution in [2.24, 2.45) is 0 Å². The quantitative estimate of drug-likeness (QED) is 0.262. The van der Waals surface area contributed by atoms with Gasteiger partial charge in [0.2, 0.25) is 5.91 Å². The molecule has 1 unspecified atom stereocenters. The highest BCUT2D eigenvalue weighted by atomic mass is 35.5. The molecule has 3 aromatic carbocycles. The first-order valence-corrected chi connectivity index (χ1v) is 13.2. The molecule has 0 saturated carbocycles. The largest absolute Gasteiger partial charge is 0.497 e. The van der Waals surface area contributed by atoms with E-state index in [1.165, 1.54) is 0 Å². The van der Waals surface area contributed by atoms with Crippen molar-refractivity contribution in [3.63, 3.8) is 0 Å². The van der Waals surface area contributed by atoms with E-state index in [1.54, 1.807) is 36.3 Å². The van der Waals surface area contributed by atoms with E-state index < -0.39 is 0 Å². The molecule has 2 amide bonds. The number of fused-ring (bicyclic) bond motifs is 3. The zero-order valence-electron chi connectivity index (χ0n) is 21.5. The van der Waals surface area contributed by atoms with E-state index >= 15 is 0 Å². The maximum absolute atomic E-state index is 14.2. The van der Waals surface area contributed by atoms with Crippen molar-refractivity contribution >= 4 is 29.1 Å². The van der Waals surface area contributed by atoms with E-state index in [9.17, 15) is 9.59 Å². The average Bonchev–Trinajstić information content (AvgIpc) is 3.45. The Morgan fingerprint density at radius 2 is 1.71 bits per heavy atom. The van der Waals surface area contributed by atoms with Gasteiger partial charge in [-0.1, -0.05) is 55.3 Å². The van der Waals surface area contributed by atoms with Crippen LogP contribution in [0.1, 0.15) is 47.4 Å². The molecule has 1 atom stereocenters. The lowest BCUT2D eigenvalue weighted by Crippen LogP contribution is -2.47. The zero-order valence-corrected chi connectivity index (χ0v) is 22.3. The number of hydrogen-bond acceptors (Lipinski definition) is 3. The Kier molecular flexibility index (Phi) is 7.52. The van der Waals surface area contributed by atoms with Gasteiger partial charge in [-0.05, 0) is 66.6 Å². The van der Waals surface area contributed by atoms with Gasteiger partial charge in [-0.3, -0.25) is 14.5 Å². The highest BCUT2D eigenvalue weighted by Gasteiger charge is 2.37. The van der Waals surface area contributed by atoms with Gasteiger partial charge in [-0.15, -0.1) is 0 Å². The van der Waals surface area contributed by atoms with Crippen LogP contribution in [-0.2, 0) is 4.79 Å². The monoisotopic (exact) mass is 527 g/mol. The Labute approximate surface area is 228 Å². The first-order valence-electron chi connectivity index (χ1n) is 12.8. The number of nitrogens with zero attached hydrogens (tertiary/aromatic N) is 3. The van der Waals surface area contributed by atoms with Crippen molar-refractivity contribution in [1.29, 1.82) is 0 Å². The van der Waals surface area contributed by atoms with Crippen molar-refractivity contribution in [3.05, 3.63) is 113 Å². The molecule has 0 fully saturated rings. The molecule has 2 heterocycles. The SMILES string of the molecule is CCCCN(CC(=O)N1c2ccccc2-n2cccc2C1c1ccc(Cl)cc1)C(=O)c1cccc(OC)c1. The molecule has 0 N–H and O–H groups in total. The molecule has 4 aromatic rings. The number of methoxy groups -OCH3 is 1. The van der Waals surface area contributed by atoms with E-state index in [4.69, 9.17) is 16.3 Å². The molecule has 1 aliphatic rings. The minimum atomic E-state index is -0.371. The number of para-hydroxylation sites is 2. The summed E-state index contributed by atoms with van der Waals surface area (Å²) >= 11 is 6.20. The molecule has 194 valence electrons. The molecule has 0 saturated heterocycles. The minimum absolute atomic E-state index is 0.0465. The normalized spacial score (nSPS) is 14.0. The van der Waals surface area contributed by atoms with Gasteiger partial charge in [0, 0.05) is 23.3 Å². The Morgan fingerprint density at radius 3 is 2.45 bits per heavy atom. The standard InChI is InChI=1S/C31H30ClN3O3/c1-3-4-18-33(31(37)23-9-7-10-25(20-23)38-2)21-29(36)35-27-12-6-5-11-26(27)34-19-8-13-28(34)30(35)22-14-16-24(32)17-15-22/h5-17,19-20,30H,3-4,18,21H2,1-2H3. The zero-order chi connectivity index (χ0) is 26.6. The van der Waals surface area contributed by atoms with Gasteiger partial charge in [-0.2, -0.15) is 0 Å². The molecular weight excluding hydrogens is 498 g/mol. The maximum Gasteiger partial charge on any atom is 0.254 e. The van der Waals surface area contributed by atoms with Crippen molar-refractivity contribution in [3.8, 4) is 11.4 Å². The van der Waals surface area contributed by atoms with Crippen molar-refractivity contribution in [1.82, 2.24) is 9.47 Å². The number of unbranched alkanes of at least 4 members (excludes halogenated alkanes) is 1. The van der Waals surface area contributed by atoms with Gasteiger partial charge in [0.05, 0.1) is 24.2 Å². The second kappa shape index (κ2) is 11.2. The third-order valence-electron chi connectivity index (χ3n) is 6.89. The molecule has 38 heavy (non-hydrogen) atoms. The molecule has 0 spiro atoms. The molecular formula is C31H30ClN3O3. The fourth-order valence-electron chi connectivity index (χ4n) is 5.00. The van der Waals surface area contributed by atoms with Crippen LogP contribution in [0.3, 0.4) is 0 Å². The molecule has 7 heteroatoms. The fraction of sp³-hybridized carbons (Fsp3) is 0.226. The Bertz CT molecular complexity index is 1450. The van der Waals surface area contributed by atoms with Crippen molar-refractivity contribution in [2.45, 2.75) is 25.8 Å². The van der Waals surface area contributed by atoms with Gasteiger partial charge in [-0.25, -0.2) is 0 Å². The Balaban J connectivity index is 1.54. The lowest BCUT2D eigenvalue weighted by atomic mass is 9.97. The summed E-state index contributed by atoms with van der Waals surface area (Å²) in [5.74, 6) is 0.255. The van der Waals surface area contributed by atoms with Crippen molar-refractivity contribution < 1.29 is 14.3 Å². The highest BCUT2D eigenvalue weighted by molar-refractivity contribution is 6.30. The summed E-state index contributed by atoms with van der Waals surface area (Å²) in [5.41, 5.74) is 4.13. The number of carbonyl (C=O) groups excluding carboxylic acids is 2. The molecule has 1 aliphatic heterocycles. The number of hydrogen-bond donors (Lipinski definition) is 0. The Hall–Kier alpha value is -4.03. The fourth-order valence-corrected chi connectivity index (χ4v) is 5.13. The number of rotatable bonds is 8. The second-order valence-electron chi connectivity index (χ2n) is 9.32. The summed E-state index contributed by atoms with van der Waals surface area (Å²) in [6, 6.07) is 26.2. The van der Waals surface area contributed by atoms with Gasteiger partial charge < -0.3 is 14.2 Å². The lowest BCUT2D eigenvalue weighted by molar-refractivity contribution is -0.119. The topological polar surface area (TPSA) is 54.8 Å². The molecule has 0 aliphatic carbocycles. The molecule has 1 aromatic heterocycles. The summed E-state index contributed by atoms with van der Waals surface area (Å²) in [6.45, 7) is 2.51. The van der Waals surface area contributed by atoms with Crippen LogP contribution in [0.25, 0.3) is 5.69 Å². The van der Waals surface area contributed by atoms with Crippen LogP contribution in [-0.4, -0.2) is 41.5 Å². The molecule has 6 nitrogen and oxygen atoms in total. The molecule has 0 radical (unpaired) electrons. The highest BCUT2D eigenvalue weighted by Crippen LogP contribution is 2.42. The second-order valence-corrected chi connectivity index (χ2v) is 9.76. The van der Waals surface area contributed by atoms with Gasteiger partial charge in [0.1, 0.15) is 18.3 Å². The first kappa shape index (κ1) is 25.6. The average molecular weight is 528 g/mol. The van der Waals surface area contributed by atoms with E-state index in [-0.39, 0.29) is 24.4 Å². The summed E-state index contributed by atoms with van der Waals surface area (Å²) in [6.07, 6.45) is 3.71. The van der Waals surface area contributed by atoms with Crippen LogP contribution in [0, 0.1) is 0 Å². The van der Waals surface area contributed by atoms with Crippen LogP contribution in [0.15, 0.2) is 91.1 Å². The number of aromatic nitrogens is 1. The molecule has 0 bridgehead atoms. The minimum Gasteiger partial charge on any atom is -0.497 e. The summed E-state index contributed by atoms with van der Waals surface area (Å²) in [4.78, 5) is 31.3. The predicted molar refractivity (Wildman–Crippen MR) is 150 cm³/mol. The van der Waals surface area contributed by atoms with Crippen LogP contribution in [0.5, 0.6) is 5.75 Å². The smallest absolute Gasteiger partial charge is 0.254 e. The third kappa shape index (κ3) is 4.92.